The number of anilines is 1. The summed E-state index contributed by atoms with van der Waals surface area (Å²) < 4.78 is 38.4. The van der Waals surface area contributed by atoms with Crippen molar-refractivity contribution in [3.63, 3.8) is 0 Å². The van der Waals surface area contributed by atoms with Crippen LogP contribution >= 0.6 is 0 Å². The maximum atomic E-state index is 14.1. The van der Waals surface area contributed by atoms with Gasteiger partial charge in [0.15, 0.2) is 11.6 Å². The number of aryl methyl sites for hydroxylation is 1. The SMILES string of the molecule is CCOc1ccc(C2/C(=C(\O)c3ccc(OC)cc3C)C(=O)C(=O)N2c2ccc(F)c(F)c2)cc1. The van der Waals surface area contributed by atoms with Gasteiger partial charge in [-0.15, -0.1) is 0 Å². The van der Waals surface area contributed by atoms with Crippen molar-refractivity contribution in [3.05, 3.63) is 94.6 Å². The van der Waals surface area contributed by atoms with Crippen molar-refractivity contribution in [2.45, 2.75) is 19.9 Å². The Balaban J connectivity index is 1.93. The molecule has 1 saturated heterocycles. The first kappa shape index (κ1) is 23.9. The second-order valence-corrected chi connectivity index (χ2v) is 7.95. The molecule has 0 radical (unpaired) electrons. The summed E-state index contributed by atoms with van der Waals surface area (Å²) in [6.45, 7) is 4.02. The molecule has 1 aliphatic rings. The molecule has 1 atom stereocenters. The Bertz CT molecular complexity index is 1330. The summed E-state index contributed by atoms with van der Waals surface area (Å²) in [4.78, 5) is 27.4. The standard InChI is InChI=1S/C27H23F2NO5/c1-4-35-18-8-5-16(6-9-18)24-23(25(31)20-11-10-19(34-3)13-15(20)2)26(32)27(33)30(24)17-7-12-21(28)22(29)14-17/h5-14,24,31H,4H2,1-3H3/b25-23+. The highest BCUT2D eigenvalue weighted by Gasteiger charge is 2.47. The van der Waals surface area contributed by atoms with Crippen LogP contribution in [-0.2, 0) is 9.59 Å². The van der Waals surface area contributed by atoms with Gasteiger partial charge in [0.25, 0.3) is 11.7 Å². The molecule has 0 aliphatic carbocycles. The van der Waals surface area contributed by atoms with E-state index in [0.29, 0.717) is 34.8 Å². The smallest absolute Gasteiger partial charge is 0.300 e. The van der Waals surface area contributed by atoms with Crippen molar-refractivity contribution >= 4 is 23.1 Å². The lowest BCUT2D eigenvalue weighted by Crippen LogP contribution is -2.29. The van der Waals surface area contributed by atoms with E-state index in [4.69, 9.17) is 9.47 Å². The van der Waals surface area contributed by atoms with Gasteiger partial charge in [-0.2, -0.15) is 0 Å². The van der Waals surface area contributed by atoms with Crippen molar-refractivity contribution in [2.24, 2.45) is 0 Å². The first-order chi connectivity index (χ1) is 16.8. The van der Waals surface area contributed by atoms with Crippen molar-refractivity contribution < 1.29 is 33.0 Å². The average molecular weight is 479 g/mol. The van der Waals surface area contributed by atoms with Crippen LogP contribution < -0.4 is 14.4 Å². The Hall–Kier alpha value is -4.20. The Labute approximate surface area is 201 Å². The van der Waals surface area contributed by atoms with E-state index >= 15 is 0 Å². The molecular weight excluding hydrogens is 456 g/mol. The summed E-state index contributed by atoms with van der Waals surface area (Å²) in [6, 6.07) is 13.4. The molecule has 3 aromatic carbocycles. The maximum absolute atomic E-state index is 14.1. The normalized spacial score (nSPS) is 17.1. The summed E-state index contributed by atoms with van der Waals surface area (Å²) in [5.74, 6) is -3.41. The molecule has 0 aromatic heterocycles. The number of rotatable bonds is 6. The lowest BCUT2D eigenvalue weighted by Gasteiger charge is -2.26. The van der Waals surface area contributed by atoms with Gasteiger partial charge in [0, 0.05) is 17.3 Å². The molecule has 1 aliphatic heterocycles. The highest BCUT2D eigenvalue weighted by atomic mass is 19.2. The topological polar surface area (TPSA) is 76.1 Å². The number of carbonyl (C=O) groups excluding carboxylic acids is 2. The van der Waals surface area contributed by atoms with Gasteiger partial charge in [0.1, 0.15) is 17.3 Å². The van der Waals surface area contributed by atoms with Gasteiger partial charge in [-0.1, -0.05) is 12.1 Å². The predicted molar refractivity (Wildman–Crippen MR) is 126 cm³/mol. The monoisotopic (exact) mass is 479 g/mol. The summed E-state index contributed by atoms with van der Waals surface area (Å²) >= 11 is 0. The van der Waals surface area contributed by atoms with E-state index in [-0.39, 0.29) is 17.0 Å². The minimum Gasteiger partial charge on any atom is -0.507 e. The summed E-state index contributed by atoms with van der Waals surface area (Å²) in [7, 11) is 1.51. The van der Waals surface area contributed by atoms with Gasteiger partial charge >= 0.3 is 0 Å². The van der Waals surface area contributed by atoms with E-state index in [1.807, 2.05) is 6.92 Å². The van der Waals surface area contributed by atoms with Gasteiger partial charge in [-0.05, 0) is 67.4 Å². The number of nitrogens with zero attached hydrogens (tertiary/aromatic N) is 1. The third kappa shape index (κ3) is 4.35. The molecule has 180 valence electrons. The van der Waals surface area contributed by atoms with E-state index < -0.39 is 29.4 Å². The first-order valence-electron chi connectivity index (χ1n) is 10.9. The number of ketones is 1. The van der Waals surface area contributed by atoms with Gasteiger partial charge in [-0.25, -0.2) is 8.78 Å². The Morgan fingerprint density at radius 2 is 1.66 bits per heavy atom. The van der Waals surface area contributed by atoms with Crippen LogP contribution in [0.1, 0.15) is 29.7 Å². The van der Waals surface area contributed by atoms with Crippen LogP contribution in [0, 0.1) is 18.6 Å². The molecule has 1 N–H and O–H groups in total. The largest absolute Gasteiger partial charge is 0.507 e. The zero-order valence-electron chi connectivity index (χ0n) is 19.3. The average Bonchev–Trinajstić information content (AvgIpc) is 3.11. The van der Waals surface area contributed by atoms with E-state index in [0.717, 1.165) is 17.0 Å². The number of aliphatic hydroxyl groups excluding tert-OH is 1. The van der Waals surface area contributed by atoms with Crippen molar-refractivity contribution in [1.29, 1.82) is 0 Å². The quantitative estimate of drug-likeness (QED) is 0.295. The van der Waals surface area contributed by atoms with E-state index in [1.165, 1.54) is 13.2 Å². The first-order valence-corrected chi connectivity index (χ1v) is 10.9. The molecule has 1 amide bonds. The van der Waals surface area contributed by atoms with Crippen LogP contribution in [0.5, 0.6) is 11.5 Å². The number of benzene rings is 3. The summed E-state index contributed by atoms with van der Waals surface area (Å²) in [5, 5.41) is 11.3. The molecule has 1 unspecified atom stereocenters. The highest BCUT2D eigenvalue weighted by molar-refractivity contribution is 6.51. The fourth-order valence-corrected chi connectivity index (χ4v) is 4.14. The number of amides is 1. The molecule has 35 heavy (non-hydrogen) atoms. The van der Waals surface area contributed by atoms with Crippen LogP contribution in [0.25, 0.3) is 5.76 Å². The molecular formula is C27H23F2NO5. The van der Waals surface area contributed by atoms with Gasteiger partial charge in [0.05, 0.1) is 25.3 Å². The number of hydrogen-bond acceptors (Lipinski definition) is 5. The second kappa shape index (κ2) is 9.58. The minimum absolute atomic E-state index is 0.0182. The van der Waals surface area contributed by atoms with Gasteiger partial charge < -0.3 is 14.6 Å². The third-order valence-corrected chi connectivity index (χ3v) is 5.82. The van der Waals surface area contributed by atoms with Crippen molar-refractivity contribution in [2.75, 3.05) is 18.6 Å². The Morgan fingerprint density at radius 1 is 0.971 bits per heavy atom. The van der Waals surface area contributed by atoms with Crippen molar-refractivity contribution in [3.8, 4) is 11.5 Å². The summed E-state index contributed by atoms with van der Waals surface area (Å²) in [5.41, 5.74) is 1.24. The van der Waals surface area contributed by atoms with Crippen LogP contribution in [0.4, 0.5) is 14.5 Å². The fourth-order valence-electron chi connectivity index (χ4n) is 4.14. The van der Waals surface area contributed by atoms with Crippen molar-refractivity contribution in [1.82, 2.24) is 0 Å². The zero-order chi connectivity index (χ0) is 25.3. The van der Waals surface area contributed by atoms with E-state index in [9.17, 15) is 23.5 Å². The minimum atomic E-state index is -1.17. The second-order valence-electron chi connectivity index (χ2n) is 7.95. The van der Waals surface area contributed by atoms with Crippen LogP contribution in [-0.4, -0.2) is 30.5 Å². The number of methoxy groups -OCH3 is 1. The molecule has 0 bridgehead atoms. The van der Waals surface area contributed by atoms with Crippen LogP contribution in [0.15, 0.2) is 66.2 Å². The van der Waals surface area contributed by atoms with Crippen LogP contribution in [0.3, 0.4) is 0 Å². The number of halogens is 2. The van der Waals surface area contributed by atoms with E-state index in [1.54, 1.807) is 49.4 Å². The third-order valence-electron chi connectivity index (χ3n) is 5.82. The lowest BCUT2D eigenvalue weighted by atomic mass is 9.93. The Kier molecular flexibility index (Phi) is 6.55. The fraction of sp³-hybridized carbons (Fsp3) is 0.185. The number of hydrogen-bond donors (Lipinski definition) is 1. The molecule has 6 nitrogen and oxygen atoms in total. The number of ether oxygens (including phenoxy) is 2. The summed E-state index contributed by atoms with van der Waals surface area (Å²) in [6.07, 6.45) is 0. The number of Topliss-reactive ketones (excluding diaryl/α,β-unsaturated/α-hetero) is 1. The molecule has 1 fully saturated rings. The zero-order valence-corrected chi connectivity index (χ0v) is 19.3. The van der Waals surface area contributed by atoms with E-state index in [2.05, 4.69) is 0 Å². The van der Waals surface area contributed by atoms with Gasteiger partial charge in [-0.3, -0.25) is 14.5 Å². The highest BCUT2D eigenvalue weighted by Crippen LogP contribution is 2.43. The molecule has 4 rings (SSSR count). The molecule has 8 heteroatoms. The Morgan fingerprint density at radius 3 is 2.26 bits per heavy atom. The number of aliphatic hydroxyl groups is 1. The number of carbonyl (C=O) groups is 2. The van der Waals surface area contributed by atoms with Crippen LogP contribution in [0.2, 0.25) is 0 Å². The molecule has 0 spiro atoms. The predicted octanol–water partition coefficient (Wildman–Crippen LogP) is 5.31. The molecule has 1 heterocycles. The maximum Gasteiger partial charge on any atom is 0.300 e. The molecule has 0 saturated carbocycles. The molecule has 3 aromatic rings. The van der Waals surface area contributed by atoms with Gasteiger partial charge in [0.2, 0.25) is 0 Å². The lowest BCUT2D eigenvalue weighted by molar-refractivity contribution is -0.132.